The normalized spacial score (nSPS) is 12.2. The average molecular weight is 247 g/mol. The van der Waals surface area contributed by atoms with E-state index in [1.165, 1.54) is 0 Å². The molecule has 1 unspecified atom stereocenters. The van der Waals surface area contributed by atoms with Crippen LogP contribution in [-0.4, -0.2) is 18.5 Å². The number of hydrogen-bond acceptors (Lipinski definition) is 2. The van der Waals surface area contributed by atoms with E-state index < -0.39 is 0 Å². The first kappa shape index (κ1) is 12.3. The van der Waals surface area contributed by atoms with Gasteiger partial charge in [0, 0.05) is 5.02 Å². The number of rotatable bonds is 5. The summed E-state index contributed by atoms with van der Waals surface area (Å²) in [4.78, 5) is 9.98. The van der Waals surface area contributed by atoms with Gasteiger partial charge < -0.3 is 4.74 Å². The lowest BCUT2D eigenvalue weighted by Gasteiger charge is -2.11. The van der Waals surface area contributed by atoms with Crippen molar-refractivity contribution in [3.05, 3.63) is 34.3 Å². The second kappa shape index (κ2) is 5.99. The Kier molecular flexibility index (Phi) is 4.92. The first-order valence-electron chi connectivity index (χ1n) is 4.58. The van der Waals surface area contributed by atoms with Crippen LogP contribution in [0.15, 0.2) is 18.2 Å². The molecule has 1 rings (SSSR count). The van der Waals surface area contributed by atoms with E-state index in [4.69, 9.17) is 23.2 Å². The molecule has 1 atom stereocenters. The number of ether oxygens (including phenoxy) is 1. The predicted molar refractivity (Wildman–Crippen MR) is 61.6 cm³/mol. The number of hydrogen-bond donors (Lipinski definition) is 0. The van der Waals surface area contributed by atoms with Crippen LogP contribution in [0.4, 0.5) is 0 Å². The molecule has 0 saturated carbocycles. The highest BCUT2D eigenvalue weighted by molar-refractivity contribution is 6.31. The van der Waals surface area contributed by atoms with Crippen LogP contribution in [0.2, 0.25) is 5.02 Å². The van der Waals surface area contributed by atoms with Gasteiger partial charge in [0.2, 0.25) is 0 Å². The second-order valence-corrected chi connectivity index (χ2v) is 4.28. The minimum atomic E-state index is -0.215. The van der Waals surface area contributed by atoms with E-state index in [1.807, 2.05) is 25.1 Å². The largest absolute Gasteiger partial charge is 0.466 e. The van der Waals surface area contributed by atoms with E-state index in [1.54, 1.807) is 0 Å². The SMILES string of the molecule is Cc1c(Cl)cccc1CC(Cl)COC=O. The van der Waals surface area contributed by atoms with Gasteiger partial charge in [-0.05, 0) is 30.5 Å². The topological polar surface area (TPSA) is 26.3 Å². The second-order valence-electron chi connectivity index (χ2n) is 3.25. The van der Waals surface area contributed by atoms with Crippen LogP contribution >= 0.6 is 23.2 Å². The summed E-state index contributed by atoms with van der Waals surface area (Å²) in [7, 11) is 0. The highest BCUT2D eigenvalue weighted by Crippen LogP contribution is 2.21. The lowest BCUT2D eigenvalue weighted by molar-refractivity contribution is -0.128. The average Bonchev–Trinajstić information content (AvgIpc) is 2.22. The minimum absolute atomic E-state index is 0.215. The predicted octanol–water partition coefficient (Wildman–Crippen LogP) is 2.97. The van der Waals surface area contributed by atoms with Crippen LogP contribution < -0.4 is 0 Å². The minimum Gasteiger partial charge on any atom is -0.466 e. The van der Waals surface area contributed by atoms with Crippen molar-refractivity contribution in [1.29, 1.82) is 0 Å². The third-order valence-corrected chi connectivity index (χ3v) is 2.86. The van der Waals surface area contributed by atoms with Crippen LogP contribution in [-0.2, 0) is 16.0 Å². The first-order valence-corrected chi connectivity index (χ1v) is 5.40. The Balaban J connectivity index is 2.63. The van der Waals surface area contributed by atoms with Crippen molar-refractivity contribution in [3.8, 4) is 0 Å². The summed E-state index contributed by atoms with van der Waals surface area (Å²) in [6, 6.07) is 5.69. The van der Waals surface area contributed by atoms with Crippen LogP contribution in [0.3, 0.4) is 0 Å². The van der Waals surface area contributed by atoms with Crippen molar-refractivity contribution in [1.82, 2.24) is 0 Å². The molecule has 0 aliphatic carbocycles. The monoisotopic (exact) mass is 246 g/mol. The molecule has 0 saturated heterocycles. The summed E-state index contributed by atoms with van der Waals surface area (Å²) in [6.45, 7) is 2.57. The zero-order valence-corrected chi connectivity index (χ0v) is 9.89. The Morgan fingerprint density at radius 3 is 2.93 bits per heavy atom. The maximum atomic E-state index is 9.98. The van der Waals surface area contributed by atoms with Crippen molar-refractivity contribution in [2.24, 2.45) is 0 Å². The summed E-state index contributed by atoms with van der Waals surface area (Å²) < 4.78 is 4.59. The summed E-state index contributed by atoms with van der Waals surface area (Å²) in [5.41, 5.74) is 2.10. The van der Waals surface area contributed by atoms with Crippen LogP contribution in [0.5, 0.6) is 0 Å². The third kappa shape index (κ3) is 3.73. The van der Waals surface area contributed by atoms with Gasteiger partial charge >= 0.3 is 0 Å². The van der Waals surface area contributed by atoms with Crippen molar-refractivity contribution in [2.45, 2.75) is 18.7 Å². The summed E-state index contributed by atoms with van der Waals surface area (Å²) in [5, 5.41) is 0.514. The quantitative estimate of drug-likeness (QED) is 0.590. The van der Waals surface area contributed by atoms with Gasteiger partial charge in [-0.15, -0.1) is 11.6 Å². The van der Waals surface area contributed by atoms with E-state index in [9.17, 15) is 4.79 Å². The van der Waals surface area contributed by atoms with E-state index in [-0.39, 0.29) is 12.0 Å². The summed E-state index contributed by atoms with van der Waals surface area (Å²) in [6.07, 6.45) is 0.641. The number of carbonyl (C=O) groups is 1. The standard InChI is InChI=1S/C11H12Cl2O2/c1-8-9(3-2-4-11(8)13)5-10(12)6-15-7-14/h2-4,7,10H,5-6H2,1H3. The molecule has 0 spiro atoms. The van der Waals surface area contributed by atoms with Gasteiger partial charge in [0.25, 0.3) is 6.47 Å². The van der Waals surface area contributed by atoms with Gasteiger partial charge in [0.1, 0.15) is 6.61 Å². The molecule has 0 fully saturated rings. The number of alkyl halides is 1. The molecule has 82 valence electrons. The Labute approximate surface area is 99.1 Å². The molecule has 1 aromatic rings. The molecule has 0 radical (unpaired) electrons. The highest BCUT2D eigenvalue weighted by atomic mass is 35.5. The Bertz CT molecular complexity index is 339. The fraction of sp³-hybridized carbons (Fsp3) is 0.364. The molecule has 0 amide bonds. The molecule has 0 heterocycles. The van der Waals surface area contributed by atoms with Gasteiger partial charge in [-0.2, -0.15) is 0 Å². The molecule has 1 aromatic carbocycles. The smallest absolute Gasteiger partial charge is 0.293 e. The number of benzene rings is 1. The maximum absolute atomic E-state index is 9.98. The molecule has 0 bridgehead atoms. The highest BCUT2D eigenvalue weighted by Gasteiger charge is 2.09. The van der Waals surface area contributed by atoms with E-state index in [0.717, 1.165) is 16.1 Å². The summed E-state index contributed by atoms with van der Waals surface area (Å²) >= 11 is 12.0. The molecule has 0 aliphatic heterocycles. The van der Waals surface area contributed by atoms with E-state index in [0.29, 0.717) is 12.9 Å². The fourth-order valence-corrected chi connectivity index (χ4v) is 1.75. The molecule has 4 heteroatoms. The van der Waals surface area contributed by atoms with Crippen molar-refractivity contribution < 1.29 is 9.53 Å². The molecular weight excluding hydrogens is 235 g/mol. The van der Waals surface area contributed by atoms with Crippen LogP contribution in [0, 0.1) is 6.92 Å². The molecule has 0 aromatic heterocycles. The van der Waals surface area contributed by atoms with Gasteiger partial charge in [-0.1, -0.05) is 23.7 Å². The number of carbonyl (C=O) groups excluding carboxylic acids is 1. The van der Waals surface area contributed by atoms with Gasteiger partial charge in [-0.25, -0.2) is 0 Å². The Morgan fingerprint density at radius 2 is 2.27 bits per heavy atom. The maximum Gasteiger partial charge on any atom is 0.293 e. The van der Waals surface area contributed by atoms with Gasteiger partial charge in [0.05, 0.1) is 5.38 Å². The van der Waals surface area contributed by atoms with Crippen molar-refractivity contribution >= 4 is 29.7 Å². The molecule has 2 nitrogen and oxygen atoms in total. The Hall–Kier alpha value is -0.730. The van der Waals surface area contributed by atoms with Crippen molar-refractivity contribution in [2.75, 3.05) is 6.61 Å². The summed E-state index contributed by atoms with van der Waals surface area (Å²) in [5.74, 6) is 0. The van der Waals surface area contributed by atoms with Crippen LogP contribution in [0.1, 0.15) is 11.1 Å². The lowest BCUT2D eigenvalue weighted by Crippen LogP contribution is -2.12. The zero-order valence-electron chi connectivity index (χ0n) is 8.37. The molecule has 0 aliphatic rings. The van der Waals surface area contributed by atoms with E-state index in [2.05, 4.69) is 4.74 Å². The van der Waals surface area contributed by atoms with Crippen LogP contribution in [0.25, 0.3) is 0 Å². The fourth-order valence-electron chi connectivity index (χ4n) is 1.31. The van der Waals surface area contributed by atoms with Gasteiger partial charge in [0.15, 0.2) is 0 Å². The lowest BCUT2D eigenvalue weighted by atomic mass is 10.0. The molecule has 15 heavy (non-hydrogen) atoms. The molecular formula is C11H12Cl2O2. The van der Waals surface area contributed by atoms with E-state index >= 15 is 0 Å². The molecule has 0 N–H and O–H groups in total. The first-order chi connectivity index (χ1) is 7.15. The third-order valence-electron chi connectivity index (χ3n) is 2.17. The zero-order chi connectivity index (χ0) is 11.3. The Morgan fingerprint density at radius 1 is 1.53 bits per heavy atom. The van der Waals surface area contributed by atoms with Crippen molar-refractivity contribution in [3.63, 3.8) is 0 Å². The number of halogens is 2. The van der Waals surface area contributed by atoms with Gasteiger partial charge in [-0.3, -0.25) is 4.79 Å².